The number of rotatable bonds is 5. The van der Waals surface area contributed by atoms with Crippen LogP contribution < -0.4 is 0 Å². The summed E-state index contributed by atoms with van der Waals surface area (Å²) in [5, 5.41) is 8.73. The van der Waals surface area contributed by atoms with E-state index in [1.54, 1.807) is 0 Å². The fourth-order valence-electron chi connectivity index (χ4n) is 2.50. The predicted octanol–water partition coefficient (Wildman–Crippen LogP) is 2.31. The number of hydrogen-bond acceptors (Lipinski definition) is 3. The highest BCUT2D eigenvalue weighted by molar-refractivity contribution is 5.66. The van der Waals surface area contributed by atoms with Crippen LogP contribution in [-0.2, 0) is 9.53 Å². The van der Waals surface area contributed by atoms with Crippen molar-refractivity contribution in [3.05, 3.63) is 35.9 Å². The van der Waals surface area contributed by atoms with Crippen LogP contribution in [0, 0.1) is 0 Å². The zero-order valence-electron chi connectivity index (χ0n) is 11.3. The molecule has 1 aliphatic heterocycles. The third kappa shape index (κ3) is 4.04. The highest BCUT2D eigenvalue weighted by Gasteiger charge is 2.25. The molecule has 0 aliphatic carbocycles. The molecule has 1 aromatic carbocycles. The van der Waals surface area contributed by atoms with E-state index in [1.807, 2.05) is 18.2 Å². The Hall–Kier alpha value is -1.39. The highest BCUT2D eigenvalue weighted by atomic mass is 16.5. The molecule has 104 valence electrons. The van der Waals surface area contributed by atoms with Crippen molar-refractivity contribution in [1.29, 1.82) is 0 Å². The van der Waals surface area contributed by atoms with Crippen molar-refractivity contribution in [3.8, 4) is 0 Å². The Kier molecular flexibility index (Phi) is 4.93. The van der Waals surface area contributed by atoms with Crippen molar-refractivity contribution in [1.82, 2.24) is 4.90 Å². The second-order valence-corrected chi connectivity index (χ2v) is 5.01. The van der Waals surface area contributed by atoms with Crippen molar-refractivity contribution in [2.45, 2.75) is 31.9 Å². The lowest BCUT2D eigenvalue weighted by atomic mass is 10.0. The van der Waals surface area contributed by atoms with Gasteiger partial charge in [-0.05, 0) is 18.9 Å². The molecule has 19 heavy (non-hydrogen) atoms. The summed E-state index contributed by atoms with van der Waals surface area (Å²) in [5.41, 5.74) is 1.29. The molecule has 2 unspecified atom stereocenters. The topological polar surface area (TPSA) is 49.8 Å². The summed E-state index contributed by atoms with van der Waals surface area (Å²) >= 11 is 0. The molecule has 0 radical (unpaired) electrons. The molecule has 0 saturated carbocycles. The van der Waals surface area contributed by atoms with Crippen molar-refractivity contribution in [3.63, 3.8) is 0 Å². The number of carboxylic acids is 1. The normalized spacial score (nSPS) is 22.1. The lowest BCUT2D eigenvalue weighted by molar-refractivity contribution is -0.138. The maximum atomic E-state index is 10.6. The van der Waals surface area contributed by atoms with E-state index >= 15 is 0 Å². The Morgan fingerprint density at radius 3 is 2.89 bits per heavy atom. The molecule has 0 amide bonds. The molecule has 2 atom stereocenters. The van der Waals surface area contributed by atoms with Gasteiger partial charge in [0.1, 0.15) is 0 Å². The molecule has 1 fully saturated rings. The molecule has 4 heteroatoms. The summed E-state index contributed by atoms with van der Waals surface area (Å²) in [4.78, 5) is 13.0. The SMILES string of the molecule is CC(c1ccccc1)N1CCOC(CCC(=O)O)C1. The van der Waals surface area contributed by atoms with Crippen molar-refractivity contribution in [2.24, 2.45) is 0 Å². The van der Waals surface area contributed by atoms with E-state index in [0.717, 1.165) is 13.1 Å². The first-order chi connectivity index (χ1) is 9.16. The molecule has 4 nitrogen and oxygen atoms in total. The van der Waals surface area contributed by atoms with Crippen LogP contribution in [0.15, 0.2) is 30.3 Å². The summed E-state index contributed by atoms with van der Waals surface area (Å²) in [6.45, 7) is 4.58. The number of morpholine rings is 1. The van der Waals surface area contributed by atoms with E-state index in [1.165, 1.54) is 5.56 Å². The maximum absolute atomic E-state index is 10.6. The lowest BCUT2D eigenvalue weighted by Crippen LogP contribution is -2.43. The quantitative estimate of drug-likeness (QED) is 0.885. The van der Waals surface area contributed by atoms with Crippen LogP contribution in [-0.4, -0.2) is 41.8 Å². The van der Waals surface area contributed by atoms with Gasteiger partial charge < -0.3 is 9.84 Å². The van der Waals surface area contributed by atoms with E-state index in [-0.39, 0.29) is 12.5 Å². The fraction of sp³-hybridized carbons (Fsp3) is 0.533. The van der Waals surface area contributed by atoms with E-state index < -0.39 is 5.97 Å². The Labute approximate surface area is 114 Å². The van der Waals surface area contributed by atoms with Crippen LogP contribution in [0.2, 0.25) is 0 Å². The first-order valence-corrected chi connectivity index (χ1v) is 6.79. The Morgan fingerprint density at radius 1 is 1.47 bits per heavy atom. The van der Waals surface area contributed by atoms with Crippen LogP contribution >= 0.6 is 0 Å². The average Bonchev–Trinajstić information content (AvgIpc) is 2.45. The molecule has 0 spiro atoms. The minimum Gasteiger partial charge on any atom is -0.481 e. The minimum atomic E-state index is -0.753. The number of carboxylic acid groups (broad SMARTS) is 1. The van der Waals surface area contributed by atoms with Crippen molar-refractivity contribution >= 4 is 5.97 Å². The molecule has 1 aliphatic rings. The molecule has 0 aromatic heterocycles. The molecule has 2 rings (SSSR count). The maximum Gasteiger partial charge on any atom is 0.303 e. The first kappa shape index (κ1) is 14.0. The average molecular weight is 263 g/mol. The summed E-state index contributed by atoms with van der Waals surface area (Å²) in [7, 11) is 0. The summed E-state index contributed by atoms with van der Waals surface area (Å²) in [6, 6.07) is 10.7. The predicted molar refractivity (Wildman–Crippen MR) is 73.0 cm³/mol. The third-order valence-electron chi connectivity index (χ3n) is 3.68. The van der Waals surface area contributed by atoms with Gasteiger partial charge in [-0.2, -0.15) is 0 Å². The van der Waals surface area contributed by atoms with Gasteiger partial charge in [0.05, 0.1) is 12.7 Å². The Morgan fingerprint density at radius 2 is 2.21 bits per heavy atom. The van der Waals surface area contributed by atoms with E-state index in [0.29, 0.717) is 19.1 Å². The number of benzene rings is 1. The summed E-state index contributed by atoms with van der Waals surface area (Å²) < 4.78 is 5.64. The molecule has 1 aromatic rings. The summed E-state index contributed by atoms with van der Waals surface area (Å²) in [6.07, 6.45) is 0.807. The zero-order chi connectivity index (χ0) is 13.7. The first-order valence-electron chi connectivity index (χ1n) is 6.79. The largest absolute Gasteiger partial charge is 0.481 e. The van der Waals surface area contributed by atoms with Gasteiger partial charge in [0.15, 0.2) is 0 Å². The van der Waals surface area contributed by atoms with Gasteiger partial charge >= 0.3 is 5.97 Å². The Balaban J connectivity index is 1.91. The molecule has 1 heterocycles. The molecule has 0 bridgehead atoms. The highest BCUT2D eigenvalue weighted by Crippen LogP contribution is 2.23. The van der Waals surface area contributed by atoms with Gasteiger partial charge in [0, 0.05) is 25.6 Å². The van der Waals surface area contributed by atoms with E-state index in [4.69, 9.17) is 9.84 Å². The van der Waals surface area contributed by atoms with Gasteiger partial charge in [0.2, 0.25) is 0 Å². The minimum absolute atomic E-state index is 0.0380. The van der Waals surface area contributed by atoms with Gasteiger partial charge in [0.25, 0.3) is 0 Å². The second kappa shape index (κ2) is 6.68. The molecular weight excluding hydrogens is 242 g/mol. The molecule has 1 saturated heterocycles. The van der Waals surface area contributed by atoms with Gasteiger partial charge in [-0.3, -0.25) is 9.69 Å². The van der Waals surface area contributed by atoms with Crippen molar-refractivity contribution < 1.29 is 14.6 Å². The van der Waals surface area contributed by atoms with Gasteiger partial charge in [-0.25, -0.2) is 0 Å². The molecular formula is C15H21NO3. The van der Waals surface area contributed by atoms with E-state index in [2.05, 4.69) is 24.0 Å². The fourth-order valence-corrected chi connectivity index (χ4v) is 2.50. The monoisotopic (exact) mass is 263 g/mol. The second-order valence-electron chi connectivity index (χ2n) is 5.01. The van der Waals surface area contributed by atoms with Crippen LogP contribution in [0.4, 0.5) is 0 Å². The molecule has 1 N–H and O–H groups in total. The number of hydrogen-bond donors (Lipinski definition) is 1. The van der Waals surface area contributed by atoms with Crippen LogP contribution in [0.5, 0.6) is 0 Å². The number of ether oxygens (including phenoxy) is 1. The van der Waals surface area contributed by atoms with Crippen LogP contribution in [0.25, 0.3) is 0 Å². The standard InChI is InChI=1S/C15H21NO3/c1-12(13-5-3-2-4-6-13)16-9-10-19-14(11-16)7-8-15(17)18/h2-6,12,14H,7-11H2,1H3,(H,17,18). The number of nitrogens with zero attached hydrogens (tertiary/aromatic N) is 1. The van der Waals surface area contributed by atoms with E-state index in [9.17, 15) is 4.79 Å². The summed E-state index contributed by atoms with van der Waals surface area (Å²) in [5.74, 6) is -0.753. The van der Waals surface area contributed by atoms with Crippen LogP contribution in [0.1, 0.15) is 31.4 Å². The smallest absolute Gasteiger partial charge is 0.303 e. The number of aliphatic carboxylic acids is 1. The van der Waals surface area contributed by atoms with Gasteiger partial charge in [-0.15, -0.1) is 0 Å². The van der Waals surface area contributed by atoms with Crippen molar-refractivity contribution in [2.75, 3.05) is 19.7 Å². The zero-order valence-corrected chi connectivity index (χ0v) is 11.3. The third-order valence-corrected chi connectivity index (χ3v) is 3.68. The van der Waals surface area contributed by atoms with Crippen LogP contribution in [0.3, 0.4) is 0 Å². The van der Waals surface area contributed by atoms with Gasteiger partial charge in [-0.1, -0.05) is 30.3 Å². The number of carbonyl (C=O) groups is 1. The Bertz CT molecular complexity index is 407. The lowest BCUT2D eigenvalue weighted by Gasteiger charge is -2.37.